The monoisotopic (exact) mass is 377 g/mol. The van der Waals surface area contributed by atoms with Crippen LogP contribution in [0.5, 0.6) is 0 Å². The average Bonchev–Trinajstić information content (AvgIpc) is 3.38. The number of nitrogens with one attached hydrogen (secondary N) is 1. The maximum absolute atomic E-state index is 12.4. The van der Waals surface area contributed by atoms with Crippen molar-refractivity contribution in [3.63, 3.8) is 0 Å². The van der Waals surface area contributed by atoms with Crippen molar-refractivity contribution in [1.29, 1.82) is 0 Å². The Morgan fingerprint density at radius 3 is 2.71 bits per heavy atom. The summed E-state index contributed by atoms with van der Waals surface area (Å²) in [4.78, 5) is 26.5. The smallest absolute Gasteiger partial charge is 0.287 e. The summed E-state index contributed by atoms with van der Waals surface area (Å²) in [5, 5.41) is 2.97. The summed E-state index contributed by atoms with van der Waals surface area (Å²) in [5.41, 5.74) is 1.12. The molecule has 2 aromatic heterocycles. The lowest BCUT2D eigenvalue weighted by Crippen LogP contribution is -2.30. The fraction of sp³-hybridized carbons (Fsp3) is 0.273. The average molecular weight is 377 g/mol. The van der Waals surface area contributed by atoms with Gasteiger partial charge in [0.15, 0.2) is 5.76 Å². The number of benzene rings is 1. The van der Waals surface area contributed by atoms with Crippen LogP contribution in [0.15, 0.2) is 76.1 Å². The second-order valence-corrected chi connectivity index (χ2v) is 7.08. The molecule has 0 saturated carbocycles. The number of nitrogens with zero attached hydrogens (tertiary/aromatic N) is 2. The van der Waals surface area contributed by atoms with E-state index in [1.54, 1.807) is 30.5 Å². The number of amides is 1. The van der Waals surface area contributed by atoms with E-state index in [-0.39, 0.29) is 17.2 Å². The number of rotatable bonds is 6. The second kappa shape index (κ2) is 8.17. The molecule has 4 rings (SSSR count). The zero-order valence-corrected chi connectivity index (χ0v) is 15.6. The van der Waals surface area contributed by atoms with Crippen molar-refractivity contribution < 1.29 is 9.21 Å². The largest absolute Gasteiger partial charge is 0.454 e. The van der Waals surface area contributed by atoms with Gasteiger partial charge in [0, 0.05) is 37.6 Å². The van der Waals surface area contributed by atoms with Gasteiger partial charge >= 0.3 is 0 Å². The molecule has 1 aliphatic rings. The zero-order chi connectivity index (χ0) is 19.3. The van der Waals surface area contributed by atoms with Gasteiger partial charge in [0.2, 0.25) is 0 Å². The van der Waals surface area contributed by atoms with Gasteiger partial charge in [-0.2, -0.15) is 0 Å². The highest BCUT2D eigenvalue weighted by atomic mass is 16.4. The SMILES string of the molecule is O=C(NC[C@@H]1CCN(c2ccccc2)C1)c1ccc(Cn2ccccc2=O)o1. The quantitative estimate of drug-likeness (QED) is 0.717. The molecule has 1 aliphatic heterocycles. The number of hydrogen-bond donors (Lipinski definition) is 1. The van der Waals surface area contributed by atoms with Gasteiger partial charge in [0.05, 0.1) is 6.54 Å². The van der Waals surface area contributed by atoms with Crippen LogP contribution in [0.3, 0.4) is 0 Å². The summed E-state index contributed by atoms with van der Waals surface area (Å²) in [5.74, 6) is 1.05. The van der Waals surface area contributed by atoms with Gasteiger partial charge in [-0.15, -0.1) is 0 Å². The van der Waals surface area contributed by atoms with E-state index in [9.17, 15) is 9.59 Å². The first-order valence-corrected chi connectivity index (χ1v) is 9.51. The molecule has 6 heteroatoms. The van der Waals surface area contributed by atoms with E-state index in [2.05, 4.69) is 22.3 Å². The number of pyridine rings is 1. The van der Waals surface area contributed by atoms with Crippen molar-refractivity contribution in [3.05, 3.63) is 88.7 Å². The van der Waals surface area contributed by atoms with Crippen molar-refractivity contribution >= 4 is 11.6 Å². The number of aromatic nitrogens is 1. The number of furan rings is 1. The van der Waals surface area contributed by atoms with Crippen LogP contribution in [0.25, 0.3) is 0 Å². The highest BCUT2D eigenvalue weighted by Crippen LogP contribution is 2.23. The van der Waals surface area contributed by atoms with Crippen molar-refractivity contribution in [2.45, 2.75) is 13.0 Å². The molecule has 1 fully saturated rings. The van der Waals surface area contributed by atoms with Gasteiger partial charge in [-0.25, -0.2) is 0 Å². The molecule has 1 saturated heterocycles. The number of carbonyl (C=O) groups is 1. The summed E-state index contributed by atoms with van der Waals surface area (Å²) in [6, 6.07) is 18.7. The van der Waals surface area contributed by atoms with Gasteiger partial charge in [-0.3, -0.25) is 9.59 Å². The molecule has 144 valence electrons. The lowest BCUT2D eigenvalue weighted by atomic mass is 10.1. The Morgan fingerprint density at radius 1 is 1.07 bits per heavy atom. The molecule has 6 nitrogen and oxygen atoms in total. The van der Waals surface area contributed by atoms with Crippen LogP contribution in [0.2, 0.25) is 0 Å². The molecule has 3 aromatic rings. The Morgan fingerprint density at radius 2 is 1.89 bits per heavy atom. The van der Waals surface area contributed by atoms with Crippen LogP contribution in [-0.4, -0.2) is 30.1 Å². The molecule has 1 atom stereocenters. The molecular formula is C22H23N3O3. The van der Waals surface area contributed by atoms with Gasteiger partial charge in [0.25, 0.3) is 11.5 Å². The van der Waals surface area contributed by atoms with Crippen molar-refractivity contribution in [3.8, 4) is 0 Å². The van der Waals surface area contributed by atoms with Crippen LogP contribution in [-0.2, 0) is 6.54 Å². The predicted molar refractivity (Wildman–Crippen MR) is 108 cm³/mol. The zero-order valence-electron chi connectivity index (χ0n) is 15.6. The maximum Gasteiger partial charge on any atom is 0.287 e. The molecular weight excluding hydrogens is 354 g/mol. The first kappa shape index (κ1) is 18.1. The minimum Gasteiger partial charge on any atom is -0.454 e. The Labute approximate surface area is 163 Å². The lowest BCUT2D eigenvalue weighted by molar-refractivity contribution is 0.0918. The molecule has 3 heterocycles. The number of anilines is 1. The third-order valence-corrected chi connectivity index (χ3v) is 5.07. The summed E-state index contributed by atoms with van der Waals surface area (Å²) in [6.45, 7) is 2.86. The second-order valence-electron chi connectivity index (χ2n) is 7.08. The molecule has 1 N–H and O–H groups in total. The summed E-state index contributed by atoms with van der Waals surface area (Å²) in [7, 11) is 0. The van der Waals surface area contributed by atoms with E-state index in [4.69, 9.17) is 4.42 Å². The van der Waals surface area contributed by atoms with Crippen molar-refractivity contribution in [1.82, 2.24) is 9.88 Å². The summed E-state index contributed by atoms with van der Waals surface area (Å²) >= 11 is 0. The molecule has 1 aromatic carbocycles. The fourth-order valence-corrected chi connectivity index (χ4v) is 3.54. The van der Waals surface area contributed by atoms with E-state index < -0.39 is 0 Å². The Bertz CT molecular complexity index is 993. The highest BCUT2D eigenvalue weighted by Gasteiger charge is 2.23. The van der Waals surface area contributed by atoms with E-state index in [1.807, 2.05) is 18.2 Å². The molecule has 1 amide bonds. The first-order chi connectivity index (χ1) is 13.7. The number of para-hydroxylation sites is 1. The van der Waals surface area contributed by atoms with Crippen molar-refractivity contribution in [2.24, 2.45) is 5.92 Å². The molecule has 0 bridgehead atoms. The summed E-state index contributed by atoms with van der Waals surface area (Å²) in [6.07, 6.45) is 2.75. The molecule has 0 unspecified atom stereocenters. The molecule has 0 spiro atoms. The van der Waals surface area contributed by atoms with Crippen LogP contribution >= 0.6 is 0 Å². The van der Waals surface area contributed by atoms with E-state index >= 15 is 0 Å². The van der Waals surface area contributed by atoms with Crippen LogP contribution < -0.4 is 15.8 Å². The standard InChI is InChI=1S/C22H23N3O3/c26-21-8-4-5-12-25(21)16-19-9-10-20(28-19)22(27)23-14-17-11-13-24(15-17)18-6-2-1-3-7-18/h1-10,12,17H,11,13-16H2,(H,23,27)/t17-/m0/s1. The highest BCUT2D eigenvalue weighted by molar-refractivity contribution is 5.91. The third kappa shape index (κ3) is 4.17. The van der Waals surface area contributed by atoms with Crippen LogP contribution in [0.4, 0.5) is 5.69 Å². The van der Waals surface area contributed by atoms with Gasteiger partial charge in [-0.05, 0) is 42.7 Å². The fourth-order valence-electron chi connectivity index (χ4n) is 3.54. The van der Waals surface area contributed by atoms with Crippen LogP contribution in [0, 0.1) is 5.92 Å². The Balaban J connectivity index is 1.30. The van der Waals surface area contributed by atoms with Crippen molar-refractivity contribution in [2.75, 3.05) is 24.5 Å². The minimum absolute atomic E-state index is 0.103. The topological polar surface area (TPSA) is 67.5 Å². The van der Waals surface area contributed by atoms with E-state index in [0.29, 0.717) is 24.8 Å². The summed E-state index contributed by atoms with van der Waals surface area (Å²) < 4.78 is 7.17. The van der Waals surface area contributed by atoms with Crippen LogP contribution in [0.1, 0.15) is 22.7 Å². The van der Waals surface area contributed by atoms with Gasteiger partial charge in [0.1, 0.15) is 5.76 Å². The molecule has 28 heavy (non-hydrogen) atoms. The first-order valence-electron chi connectivity index (χ1n) is 9.51. The maximum atomic E-state index is 12.4. The normalized spacial score (nSPS) is 16.3. The van der Waals surface area contributed by atoms with E-state index in [0.717, 1.165) is 19.5 Å². The lowest BCUT2D eigenvalue weighted by Gasteiger charge is -2.18. The van der Waals surface area contributed by atoms with Gasteiger partial charge < -0.3 is 19.2 Å². The number of carbonyl (C=O) groups excluding carboxylic acids is 1. The van der Waals surface area contributed by atoms with E-state index in [1.165, 1.54) is 16.3 Å². The molecule has 0 radical (unpaired) electrons. The molecule has 0 aliphatic carbocycles. The third-order valence-electron chi connectivity index (χ3n) is 5.07. The Hall–Kier alpha value is -3.28. The Kier molecular flexibility index (Phi) is 5.28. The minimum atomic E-state index is -0.218. The van der Waals surface area contributed by atoms with Gasteiger partial charge in [-0.1, -0.05) is 24.3 Å². The predicted octanol–water partition coefficient (Wildman–Crippen LogP) is 2.75. The number of hydrogen-bond acceptors (Lipinski definition) is 4.